The van der Waals surface area contributed by atoms with E-state index in [1.807, 2.05) is 12.4 Å². The molecule has 4 nitrogen and oxygen atoms in total. The number of hydrogen-bond acceptors (Lipinski definition) is 3. The van der Waals surface area contributed by atoms with E-state index < -0.39 is 0 Å². The highest BCUT2D eigenvalue weighted by Crippen LogP contribution is 2.31. The van der Waals surface area contributed by atoms with Gasteiger partial charge < -0.3 is 14.8 Å². The second kappa shape index (κ2) is 4.69. The largest absolute Gasteiger partial charge is 0.355 e. The van der Waals surface area contributed by atoms with Gasteiger partial charge in [0.1, 0.15) is 0 Å². The lowest BCUT2D eigenvalue weighted by molar-refractivity contribution is 0.316. The maximum atomic E-state index is 4.35. The van der Waals surface area contributed by atoms with Crippen molar-refractivity contribution in [3.63, 3.8) is 0 Å². The minimum atomic E-state index is 0.803. The molecule has 0 aromatic carbocycles. The van der Waals surface area contributed by atoms with Crippen LogP contribution in [0.3, 0.4) is 0 Å². The zero-order chi connectivity index (χ0) is 11.7. The topological polar surface area (TPSA) is 33.1 Å². The van der Waals surface area contributed by atoms with E-state index in [1.54, 1.807) is 0 Å². The standard InChI is InChI=1S/C13H22N4/c1-2-16-8-6-14-13(16)15-9-11-5-7-17(10-11)12-3-4-12/h6,8,11-12H,2-5,7,9-10H2,1H3,(H,14,15). The summed E-state index contributed by atoms with van der Waals surface area (Å²) in [5.41, 5.74) is 0. The summed E-state index contributed by atoms with van der Waals surface area (Å²) >= 11 is 0. The summed E-state index contributed by atoms with van der Waals surface area (Å²) in [6.07, 6.45) is 8.11. The third-order valence-electron chi connectivity index (χ3n) is 3.99. The van der Waals surface area contributed by atoms with E-state index in [-0.39, 0.29) is 0 Å². The van der Waals surface area contributed by atoms with Crippen LogP contribution in [0, 0.1) is 5.92 Å². The molecule has 1 N–H and O–H groups in total. The summed E-state index contributed by atoms with van der Waals surface area (Å²) in [5.74, 6) is 1.83. The predicted molar refractivity (Wildman–Crippen MR) is 69.1 cm³/mol. The lowest BCUT2D eigenvalue weighted by Gasteiger charge is -2.15. The first-order valence-corrected chi connectivity index (χ1v) is 6.86. The Bertz CT molecular complexity index is 369. The van der Waals surface area contributed by atoms with Gasteiger partial charge in [0.2, 0.25) is 5.95 Å². The smallest absolute Gasteiger partial charge is 0.202 e. The summed E-state index contributed by atoms with van der Waals surface area (Å²) in [4.78, 5) is 7.02. The van der Waals surface area contributed by atoms with Gasteiger partial charge in [-0.25, -0.2) is 4.98 Å². The number of nitrogens with zero attached hydrogens (tertiary/aromatic N) is 3. The predicted octanol–water partition coefficient (Wildman–Crippen LogP) is 1.80. The molecule has 17 heavy (non-hydrogen) atoms. The molecular weight excluding hydrogens is 212 g/mol. The Hall–Kier alpha value is -1.03. The summed E-state index contributed by atoms with van der Waals surface area (Å²) < 4.78 is 2.16. The van der Waals surface area contributed by atoms with Crippen molar-refractivity contribution in [2.24, 2.45) is 5.92 Å². The molecule has 1 saturated heterocycles. The number of anilines is 1. The van der Waals surface area contributed by atoms with E-state index in [4.69, 9.17) is 0 Å². The molecule has 1 aliphatic carbocycles. The normalized spacial score (nSPS) is 25.4. The Kier molecular flexibility index (Phi) is 3.05. The van der Waals surface area contributed by atoms with Gasteiger partial charge in [0.05, 0.1) is 0 Å². The molecular formula is C13H22N4. The van der Waals surface area contributed by atoms with E-state index >= 15 is 0 Å². The van der Waals surface area contributed by atoms with Crippen LogP contribution in [0.15, 0.2) is 12.4 Å². The Morgan fingerprint density at radius 3 is 3.06 bits per heavy atom. The number of likely N-dealkylation sites (tertiary alicyclic amines) is 1. The van der Waals surface area contributed by atoms with Gasteiger partial charge in [0.15, 0.2) is 0 Å². The van der Waals surface area contributed by atoms with Crippen molar-refractivity contribution < 1.29 is 0 Å². The molecule has 1 aliphatic heterocycles. The van der Waals surface area contributed by atoms with Crippen LogP contribution in [0.5, 0.6) is 0 Å². The fourth-order valence-electron chi connectivity index (χ4n) is 2.77. The zero-order valence-corrected chi connectivity index (χ0v) is 10.6. The first-order valence-electron chi connectivity index (χ1n) is 6.86. The molecule has 3 rings (SSSR count). The summed E-state index contributed by atoms with van der Waals surface area (Å²) in [5, 5.41) is 3.49. The number of hydrogen-bond donors (Lipinski definition) is 1. The lowest BCUT2D eigenvalue weighted by Crippen LogP contribution is -2.25. The van der Waals surface area contributed by atoms with Crippen molar-refractivity contribution >= 4 is 5.95 Å². The van der Waals surface area contributed by atoms with Crippen molar-refractivity contribution in [3.05, 3.63) is 12.4 Å². The van der Waals surface area contributed by atoms with Gasteiger partial charge in [-0.05, 0) is 38.6 Å². The van der Waals surface area contributed by atoms with Crippen molar-refractivity contribution in [1.29, 1.82) is 0 Å². The highest BCUT2D eigenvalue weighted by molar-refractivity contribution is 5.25. The summed E-state index contributed by atoms with van der Waals surface area (Å²) in [6, 6.07) is 0.928. The monoisotopic (exact) mass is 234 g/mol. The number of rotatable bonds is 5. The number of aromatic nitrogens is 2. The van der Waals surface area contributed by atoms with Crippen LogP contribution in [0.2, 0.25) is 0 Å². The molecule has 1 atom stereocenters. The number of nitrogens with one attached hydrogen (secondary N) is 1. The second-order valence-electron chi connectivity index (χ2n) is 5.30. The van der Waals surface area contributed by atoms with Crippen molar-refractivity contribution in [2.75, 3.05) is 25.0 Å². The quantitative estimate of drug-likeness (QED) is 0.843. The fraction of sp³-hybridized carbons (Fsp3) is 0.769. The lowest BCUT2D eigenvalue weighted by atomic mass is 10.1. The van der Waals surface area contributed by atoms with E-state index in [1.165, 1.54) is 32.4 Å². The third-order valence-corrected chi connectivity index (χ3v) is 3.99. The van der Waals surface area contributed by atoms with Gasteiger partial charge in [0, 0.05) is 38.1 Å². The van der Waals surface area contributed by atoms with Gasteiger partial charge in [0.25, 0.3) is 0 Å². The molecule has 0 bridgehead atoms. The Morgan fingerprint density at radius 1 is 1.41 bits per heavy atom. The van der Waals surface area contributed by atoms with Crippen LogP contribution < -0.4 is 5.32 Å². The highest BCUT2D eigenvalue weighted by atomic mass is 15.2. The van der Waals surface area contributed by atoms with E-state index in [0.29, 0.717) is 0 Å². The van der Waals surface area contributed by atoms with Crippen molar-refractivity contribution in [2.45, 2.75) is 38.8 Å². The molecule has 1 saturated carbocycles. The molecule has 1 unspecified atom stereocenters. The van der Waals surface area contributed by atoms with Gasteiger partial charge in [-0.15, -0.1) is 0 Å². The van der Waals surface area contributed by atoms with Crippen LogP contribution >= 0.6 is 0 Å². The second-order valence-corrected chi connectivity index (χ2v) is 5.30. The van der Waals surface area contributed by atoms with Gasteiger partial charge >= 0.3 is 0 Å². The first kappa shape index (κ1) is 11.1. The number of imidazole rings is 1. The zero-order valence-electron chi connectivity index (χ0n) is 10.6. The van der Waals surface area contributed by atoms with Crippen LogP contribution in [0.4, 0.5) is 5.95 Å². The molecule has 94 valence electrons. The highest BCUT2D eigenvalue weighted by Gasteiger charge is 2.34. The third kappa shape index (κ3) is 2.46. The van der Waals surface area contributed by atoms with Crippen molar-refractivity contribution in [3.8, 4) is 0 Å². The van der Waals surface area contributed by atoms with Crippen molar-refractivity contribution in [1.82, 2.24) is 14.5 Å². The Balaban J connectivity index is 1.48. The minimum absolute atomic E-state index is 0.803. The molecule has 1 aromatic heterocycles. The molecule has 0 amide bonds. The summed E-state index contributed by atoms with van der Waals surface area (Å²) in [6.45, 7) is 6.79. The van der Waals surface area contributed by atoms with Crippen LogP contribution in [-0.4, -0.2) is 40.1 Å². The van der Waals surface area contributed by atoms with Crippen LogP contribution in [0.1, 0.15) is 26.2 Å². The molecule has 4 heteroatoms. The van der Waals surface area contributed by atoms with E-state index in [2.05, 4.69) is 26.7 Å². The molecule has 2 aliphatic rings. The SMILES string of the molecule is CCn1ccnc1NCC1CCN(C2CC2)C1. The Labute approximate surface area is 103 Å². The Morgan fingerprint density at radius 2 is 2.29 bits per heavy atom. The molecule has 0 radical (unpaired) electrons. The van der Waals surface area contributed by atoms with Gasteiger partial charge in [-0.1, -0.05) is 0 Å². The average Bonchev–Trinajstić information content (AvgIpc) is 2.93. The fourth-order valence-corrected chi connectivity index (χ4v) is 2.77. The molecule has 2 heterocycles. The molecule has 2 fully saturated rings. The van der Waals surface area contributed by atoms with Crippen LogP contribution in [-0.2, 0) is 6.54 Å². The summed E-state index contributed by atoms with van der Waals surface area (Å²) in [7, 11) is 0. The number of aryl methyl sites for hydroxylation is 1. The van der Waals surface area contributed by atoms with Gasteiger partial charge in [-0.2, -0.15) is 0 Å². The first-order chi connectivity index (χ1) is 8.36. The molecule has 1 aromatic rings. The maximum Gasteiger partial charge on any atom is 0.202 e. The maximum absolute atomic E-state index is 4.35. The van der Waals surface area contributed by atoms with E-state index in [0.717, 1.165) is 31.0 Å². The van der Waals surface area contributed by atoms with Gasteiger partial charge in [-0.3, -0.25) is 0 Å². The minimum Gasteiger partial charge on any atom is -0.355 e. The van der Waals surface area contributed by atoms with Crippen LogP contribution in [0.25, 0.3) is 0 Å². The molecule has 0 spiro atoms. The average molecular weight is 234 g/mol. The van der Waals surface area contributed by atoms with E-state index in [9.17, 15) is 0 Å².